The summed E-state index contributed by atoms with van der Waals surface area (Å²) in [6.45, 7) is 2.06. The van der Waals surface area contributed by atoms with Crippen molar-refractivity contribution in [1.82, 2.24) is 0 Å². The van der Waals surface area contributed by atoms with Gasteiger partial charge in [-0.1, -0.05) is 23.2 Å². The topological polar surface area (TPSA) is 61.5 Å². The fourth-order valence-electron chi connectivity index (χ4n) is 1.94. The fourth-order valence-corrected chi connectivity index (χ4v) is 2.14. The van der Waals surface area contributed by atoms with E-state index in [1.54, 1.807) is 19.2 Å². The van der Waals surface area contributed by atoms with Crippen molar-refractivity contribution in [1.29, 1.82) is 0 Å². The lowest BCUT2D eigenvalue weighted by molar-refractivity contribution is 0.0470. The minimum atomic E-state index is -0.518. The smallest absolute Gasteiger partial charge is 0.340 e. The Kier molecular flexibility index (Phi) is 4.70. The summed E-state index contributed by atoms with van der Waals surface area (Å²) in [4.78, 5) is 12.1. The lowest BCUT2D eigenvalue weighted by atomic mass is 10.1. The first-order valence-corrected chi connectivity index (χ1v) is 6.74. The highest BCUT2D eigenvalue weighted by Crippen LogP contribution is 2.23. The van der Waals surface area contributed by atoms with Gasteiger partial charge >= 0.3 is 5.97 Å². The Morgan fingerprint density at radius 1 is 1.24 bits per heavy atom. The number of benzene rings is 2. The number of ether oxygens (including phenoxy) is 2. The van der Waals surface area contributed by atoms with Gasteiger partial charge in [0.05, 0.1) is 17.7 Å². The first kappa shape index (κ1) is 15.2. The number of nitrogen functional groups attached to an aromatic ring is 1. The van der Waals surface area contributed by atoms with Crippen LogP contribution in [-0.2, 0) is 11.3 Å². The Bertz CT molecular complexity index is 671. The number of rotatable bonds is 4. The van der Waals surface area contributed by atoms with Gasteiger partial charge in [-0.25, -0.2) is 4.79 Å². The van der Waals surface area contributed by atoms with E-state index in [1.165, 1.54) is 6.07 Å². The minimum absolute atomic E-state index is 0.106. The molecule has 0 aromatic heterocycles. The van der Waals surface area contributed by atoms with Crippen molar-refractivity contribution in [2.45, 2.75) is 13.5 Å². The lowest BCUT2D eigenvalue weighted by Gasteiger charge is -2.11. The van der Waals surface area contributed by atoms with Crippen molar-refractivity contribution in [3.05, 3.63) is 58.1 Å². The van der Waals surface area contributed by atoms with Crippen LogP contribution in [0, 0.1) is 6.92 Å². The van der Waals surface area contributed by atoms with Crippen LogP contribution in [0.5, 0.6) is 5.75 Å². The molecule has 0 unspecified atom stereocenters. The van der Waals surface area contributed by atoms with Crippen LogP contribution in [-0.4, -0.2) is 13.1 Å². The maximum Gasteiger partial charge on any atom is 0.340 e. The van der Waals surface area contributed by atoms with Crippen LogP contribution < -0.4 is 10.5 Å². The van der Waals surface area contributed by atoms with Crippen molar-refractivity contribution in [3.8, 4) is 5.75 Å². The third-order valence-electron chi connectivity index (χ3n) is 3.01. The molecule has 0 spiro atoms. The van der Waals surface area contributed by atoms with E-state index in [9.17, 15) is 4.79 Å². The first-order valence-electron chi connectivity index (χ1n) is 6.37. The standard InChI is InChI=1S/C16H16ClNO3/c1-10-3-6-15(20-2)11(7-10)9-21-16(19)13-8-12(18)4-5-14(13)17/h3-8H,9,18H2,1-2H3. The SMILES string of the molecule is COc1ccc(C)cc1COC(=O)c1cc(N)ccc1Cl. The highest BCUT2D eigenvalue weighted by atomic mass is 35.5. The van der Waals surface area contributed by atoms with Crippen LogP contribution in [0.1, 0.15) is 21.5 Å². The highest BCUT2D eigenvalue weighted by Gasteiger charge is 2.13. The molecule has 0 fully saturated rings. The molecule has 2 rings (SSSR count). The van der Waals surface area contributed by atoms with Gasteiger partial charge in [0.2, 0.25) is 0 Å². The minimum Gasteiger partial charge on any atom is -0.496 e. The molecule has 0 bridgehead atoms. The van der Waals surface area contributed by atoms with Gasteiger partial charge in [0.15, 0.2) is 0 Å². The second kappa shape index (κ2) is 6.50. The average molecular weight is 306 g/mol. The monoisotopic (exact) mass is 305 g/mol. The Morgan fingerprint density at radius 3 is 2.71 bits per heavy atom. The number of anilines is 1. The molecular weight excluding hydrogens is 290 g/mol. The normalized spacial score (nSPS) is 10.2. The van der Waals surface area contributed by atoms with Crippen LogP contribution >= 0.6 is 11.6 Å². The van der Waals surface area contributed by atoms with Gasteiger partial charge in [-0.3, -0.25) is 0 Å². The highest BCUT2D eigenvalue weighted by molar-refractivity contribution is 6.33. The van der Waals surface area contributed by atoms with Gasteiger partial charge in [0.1, 0.15) is 12.4 Å². The zero-order valence-electron chi connectivity index (χ0n) is 11.9. The summed E-state index contributed by atoms with van der Waals surface area (Å²) < 4.78 is 10.5. The van der Waals surface area contributed by atoms with Gasteiger partial charge in [-0.05, 0) is 37.3 Å². The number of nitrogens with two attached hydrogens (primary N) is 1. The molecule has 2 aromatic carbocycles. The van der Waals surface area contributed by atoms with E-state index in [2.05, 4.69) is 0 Å². The fraction of sp³-hybridized carbons (Fsp3) is 0.188. The largest absolute Gasteiger partial charge is 0.496 e. The Balaban J connectivity index is 2.14. The van der Waals surface area contributed by atoms with Gasteiger partial charge in [0, 0.05) is 11.3 Å². The first-order chi connectivity index (χ1) is 10.0. The molecule has 4 nitrogen and oxygen atoms in total. The van der Waals surface area contributed by atoms with Crippen molar-refractivity contribution in [3.63, 3.8) is 0 Å². The van der Waals surface area contributed by atoms with Crippen LogP contribution in [0.25, 0.3) is 0 Å². The number of hydrogen-bond donors (Lipinski definition) is 1. The van der Waals surface area contributed by atoms with Crippen LogP contribution in [0.15, 0.2) is 36.4 Å². The second-order valence-electron chi connectivity index (χ2n) is 4.63. The van der Waals surface area contributed by atoms with Crippen molar-refractivity contribution in [2.24, 2.45) is 0 Å². The summed E-state index contributed by atoms with van der Waals surface area (Å²) in [5.41, 5.74) is 8.22. The molecule has 110 valence electrons. The van der Waals surface area contributed by atoms with E-state index in [1.807, 2.05) is 25.1 Å². The number of carbonyl (C=O) groups is 1. The number of methoxy groups -OCH3 is 1. The molecule has 2 N–H and O–H groups in total. The Hall–Kier alpha value is -2.20. The molecule has 0 saturated heterocycles. The number of hydrogen-bond acceptors (Lipinski definition) is 4. The third kappa shape index (κ3) is 3.67. The molecule has 0 atom stereocenters. The van der Waals surface area contributed by atoms with E-state index in [4.69, 9.17) is 26.8 Å². The molecular formula is C16H16ClNO3. The second-order valence-corrected chi connectivity index (χ2v) is 5.04. The van der Waals surface area contributed by atoms with Gasteiger partial charge < -0.3 is 15.2 Å². The number of aryl methyl sites for hydroxylation is 1. The van der Waals surface area contributed by atoms with E-state index in [0.29, 0.717) is 16.5 Å². The summed E-state index contributed by atoms with van der Waals surface area (Å²) in [7, 11) is 1.57. The molecule has 0 aliphatic rings. The van der Waals surface area contributed by atoms with E-state index in [-0.39, 0.29) is 12.2 Å². The lowest BCUT2D eigenvalue weighted by Crippen LogP contribution is -2.07. The zero-order valence-corrected chi connectivity index (χ0v) is 12.6. The quantitative estimate of drug-likeness (QED) is 0.692. The molecule has 0 amide bonds. The van der Waals surface area contributed by atoms with Crippen LogP contribution in [0.3, 0.4) is 0 Å². The van der Waals surface area contributed by atoms with E-state index >= 15 is 0 Å². The van der Waals surface area contributed by atoms with E-state index < -0.39 is 5.97 Å². The van der Waals surface area contributed by atoms with Crippen LogP contribution in [0.4, 0.5) is 5.69 Å². The molecule has 0 aliphatic carbocycles. The summed E-state index contributed by atoms with van der Waals surface area (Å²) in [5, 5.41) is 0.311. The molecule has 21 heavy (non-hydrogen) atoms. The molecule has 0 heterocycles. The summed E-state index contributed by atoms with van der Waals surface area (Å²) >= 11 is 5.98. The van der Waals surface area contributed by atoms with Crippen molar-refractivity contribution >= 4 is 23.3 Å². The van der Waals surface area contributed by atoms with Gasteiger partial charge in [0.25, 0.3) is 0 Å². The Labute approximate surface area is 128 Å². The molecule has 5 heteroatoms. The predicted molar refractivity (Wildman–Crippen MR) is 82.7 cm³/mol. The summed E-state index contributed by atoms with van der Waals surface area (Å²) in [5.74, 6) is 0.155. The third-order valence-corrected chi connectivity index (χ3v) is 3.33. The average Bonchev–Trinajstić information content (AvgIpc) is 2.47. The number of esters is 1. The molecule has 2 aromatic rings. The van der Waals surface area contributed by atoms with Gasteiger partial charge in [-0.15, -0.1) is 0 Å². The van der Waals surface area contributed by atoms with Crippen molar-refractivity contribution in [2.75, 3.05) is 12.8 Å². The number of carbonyl (C=O) groups excluding carboxylic acids is 1. The van der Waals surface area contributed by atoms with Crippen LogP contribution in [0.2, 0.25) is 5.02 Å². The molecule has 0 radical (unpaired) electrons. The summed E-state index contributed by atoms with van der Waals surface area (Å²) in [6.07, 6.45) is 0. The zero-order chi connectivity index (χ0) is 15.4. The number of halogens is 1. The maximum absolute atomic E-state index is 12.1. The molecule has 0 aliphatic heterocycles. The predicted octanol–water partition coefficient (Wildman–Crippen LogP) is 3.60. The Morgan fingerprint density at radius 2 is 2.00 bits per heavy atom. The maximum atomic E-state index is 12.1. The van der Waals surface area contributed by atoms with E-state index in [0.717, 1.165) is 11.1 Å². The van der Waals surface area contributed by atoms with Gasteiger partial charge in [-0.2, -0.15) is 0 Å². The van der Waals surface area contributed by atoms with Crippen molar-refractivity contribution < 1.29 is 14.3 Å². The molecule has 0 saturated carbocycles. The summed E-state index contributed by atoms with van der Waals surface area (Å²) in [6, 6.07) is 10.4.